The third-order valence-electron chi connectivity index (χ3n) is 8.66. The van der Waals surface area contributed by atoms with E-state index in [1.54, 1.807) is 14.1 Å². The van der Waals surface area contributed by atoms with Gasteiger partial charge in [-0.15, -0.1) is 0 Å². The zero-order valence-electron chi connectivity index (χ0n) is 24.0. The van der Waals surface area contributed by atoms with Crippen molar-refractivity contribution in [1.29, 1.82) is 0 Å². The Balaban J connectivity index is 1.51. The van der Waals surface area contributed by atoms with E-state index in [4.69, 9.17) is 62.8 Å². The summed E-state index contributed by atoms with van der Waals surface area (Å²) in [4.78, 5) is 0. The van der Waals surface area contributed by atoms with E-state index in [1.165, 1.54) is 0 Å². The SMILES string of the molecule is C[B]C[C@H]1OC(O[C@@H]2[C@H](O)C(N)CC(N)[C@H]2OC2OC(CN)[C@@H](O)[C@H](O)[C@@H]2N)[C@@H](O)[C@H]1OC1O[C@@H](CN)C(O)C(O)C1N. The molecular weight excluding hydrogens is 575 g/mol. The van der Waals surface area contributed by atoms with Crippen molar-refractivity contribution in [1.82, 2.24) is 0 Å². The summed E-state index contributed by atoms with van der Waals surface area (Å²) >= 11 is 0. The molecule has 0 bridgehead atoms. The molecule has 0 spiro atoms. The maximum Gasteiger partial charge on any atom is 0.187 e. The van der Waals surface area contributed by atoms with Crippen molar-refractivity contribution in [2.45, 2.75) is 136 Å². The van der Waals surface area contributed by atoms with Crippen molar-refractivity contribution < 1.29 is 59.1 Å². The highest BCUT2D eigenvalue weighted by molar-refractivity contribution is 6.33. The molecule has 4 rings (SSSR count). The van der Waals surface area contributed by atoms with Gasteiger partial charge >= 0.3 is 0 Å². The van der Waals surface area contributed by atoms with Gasteiger partial charge in [0.1, 0.15) is 68.3 Å². The van der Waals surface area contributed by atoms with Crippen molar-refractivity contribution in [2.24, 2.45) is 34.4 Å². The molecule has 4 fully saturated rings. The molecule has 0 aromatic rings. The van der Waals surface area contributed by atoms with E-state index < -0.39 is 116 Å². The molecular formula is C24H48BN6O12. The Kier molecular flexibility index (Phi) is 12.1. The standard InChI is InChI=1S/C24H48BN6O12/c1-25-3-8-20(42-23-12(31)17(36)15(34)10(5-27)40-23)18(37)24(38-8)43-21-13(32)6(28)2-7(29)19(21)41-22-11(30)16(35)14(33)9(4-26)39-22/h6-24,32-37H,2-5,26-31H2,1H3/t6?,7?,8-,9?,10+,11+,12?,13-,14-,15?,16-,17?,18+,19-,20+,21-,22?,23?,24?/m1/s1. The van der Waals surface area contributed by atoms with Crippen molar-refractivity contribution in [2.75, 3.05) is 13.1 Å². The molecule has 19 heteroatoms. The van der Waals surface area contributed by atoms with Gasteiger partial charge in [-0.25, -0.2) is 0 Å². The van der Waals surface area contributed by atoms with Crippen LogP contribution < -0.4 is 34.4 Å². The number of ether oxygens (including phenoxy) is 6. The summed E-state index contributed by atoms with van der Waals surface area (Å²) in [6.07, 6.45) is -18.0. The molecule has 249 valence electrons. The third kappa shape index (κ3) is 7.19. The highest BCUT2D eigenvalue weighted by atomic mass is 16.8. The van der Waals surface area contributed by atoms with Gasteiger partial charge in [0.05, 0.1) is 24.3 Å². The zero-order valence-corrected chi connectivity index (χ0v) is 24.0. The molecule has 18 nitrogen and oxygen atoms in total. The van der Waals surface area contributed by atoms with Crippen LogP contribution in [0.3, 0.4) is 0 Å². The summed E-state index contributed by atoms with van der Waals surface area (Å²) in [5, 5.41) is 63.6. The highest BCUT2D eigenvalue weighted by Crippen LogP contribution is 2.35. The second kappa shape index (κ2) is 14.8. The third-order valence-corrected chi connectivity index (χ3v) is 8.66. The molecule has 4 aliphatic rings. The van der Waals surface area contributed by atoms with Crippen LogP contribution in [-0.4, -0.2) is 167 Å². The Morgan fingerprint density at radius 3 is 1.53 bits per heavy atom. The number of hydrogen-bond acceptors (Lipinski definition) is 18. The Morgan fingerprint density at radius 1 is 0.581 bits per heavy atom. The summed E-state index contributed by atoms with van der Waals surface area (Å²) in [6.45, 7) is 1.52. The lowest BCUT2D eigenvalue weighted by Crippen LogP contribution is -2.68. The summed E-state index contributed by atoms with van der Waals surface area (Å²) in [7, 11) is 1.78. The minimum absolute atomic E-state index is 0.121. The molecule has 0 aromatic carbocycles. The monoisotopic (exact) mass is 623 g/mol. The van der Waals surface area contributed by atoms with Gasteiger partial charge < -0.3 is 93.5 Å². The second-order valence-electron chi connectivity index (χ2n) is 11.7. The normalized spacial score (nSPS) is 52.7. The Hall–Kier alpha value is -0.655. The van der Waals surface area contributed by atoms with Crippen LogP contribution in [-0.2, 0) is 28.4 Å². The van der Waals surface area contributed by atoms with Gasteiger partial charge in [0.2, 0.25) is 0 Å². The van der Waals surface area contributed by atoms with Crippen LogP contribution in [0.4, 0.5) is 0 Å². The second-order valence-corrected chi connectivity index (χ2v) is 11.7. The number of aliphatic hydroxyl groups is 6. The molecule has 9 unspecified atom stereocenters. The van der Waals surface area contributed by atoms with Gasteiger partial charge in [-0.3, -0.25) is 0 Å². The molecule has 19 atom stereocenters. The molecule has 0 amide bonds. The van der Waals surface area contributed by atoms with Gasteiger partial charge in [-0.2, -0.15) is 0 Å². The number of nitrogens with two attached hydrogens (primary N) is 6. The molecule has 0 aromatic heterocycles. The number of rotatable bonds is 10. The Labute approximate surface area is 250 Å². The molecule has 3 aliphatic heterocycles. The lowest BCUT2D eigenvalue weighted by Gasteiger charge is -2.47. The predicted molar refractivity (Wildman–Crippen MR) is 148 cm³/mol. The van der Waals surface area contributed by atoms with E-state index in [0.717, 1.165) is 0 Å². The van der Waals surface area contributed by atoms with Crippen molar-refractivity contribution >= 4 is 7.28 Å². The lowest BCUT2D eigenvalue weighted by molar-refractivity contribution is -0.306. The van der Waals surface area contributed by atoms with E-state index in [9.17, 15) is 30.6 Å². The largest absolute Gasteiger partial charge is 0.389 e. The highest BCUT2D eigenvalue weighted by Gasteiger charge is 2.54. The van der Waals surface area contributed by atoms with E-state index in [0.29, 0.717) is 6.32 Å². The fourth-order valence-corrected chi connectivity index (χ4v) is 6.02. The fourth-order valence-electron chi connectivity index (χ4n) is 6.02. The van der Waals surface area contributed by atoms with Gasteiger partial charge in [-0.05, 0) is 6.42 Å². The fraction of sp³-hybridized carbons (Fsp3) is 1.00. The van der Waals surface area contributed by atoms with E-state index >= 15 is 0 Å². The average molecular weight is 623 g/mol. The molecule has 1 aliphatic carbocycles. The van der Waals surface area contributed by atoms with Gasteiger partial charge in [0.25, 0.3) is 0 Å². The molecule has 1 saturated carbocycles. The minimum Gasteiger partial charge on any atom is -0.389 e. The van der Waals surface area contributed by atoms with Crippen LogP contribution >= 0.6 is 0 Å². The van der Waals surface area contributed by atoms with Crippen molar-refractivity contribution in [3.63, 3.8) is 0 Å². The Bertz CT molecular complexity index is 889. The minimum atomic E-state index is -1.46. The van der Waals surface area contributed by atoms with Crippen molar-refractivity contribution in [3.8, 4) is 0 Å². The molecule has 18 N–H and O–H groups in total. The number of hydrogen-bond donors (Lipinski definition) is 12. The van der Waals surface area contributed by atoms with Crippen molar-refractivity contribution in [3.05, 3.63) is 0 Å². The van der Waals surface area contributed by atoms with Gasteiger partial charge in [0.15, 0.2) is 18.9 Å². The molecule has 1 radical (unpaired) electrons. The van der Waals surface area contributed by atoms with E-state index in [-0.39, 0.29) is 19.5 Å². The van der Waals surface area contributed by atoms with Gasteiger partial charge in [0, 0.05) is 25.2 Å². The van der Waals surface area contributed by atoms with Gasteiger partial charge in [-0.1, -0.05) is 13.1 Å². The quantitative estimate of drug-likeness (QED) is 0.100. The summed E-state index contributed by atoms with van der Waals surface area (Å²) in [6, 6.07) is -4.00. The topological polar surface area (TPSA) is 333 Å². The van der Waals surface area contributed by atoms with Crippen LogP contribution in [0.25, 0.3) is 0 Å². The van der Waals surface area contributed by atoms with Crippen LogP contribution in [0, 0.1) is 0 Å². The first-order valence-electron chi connectivity index (χ1n) is 14.6. The lowest BCUT2D eigenvalue weighted by atomic mass is 9.74. The summed E-state index contributed by atoms with van der Waals surface area (Å²) in [5.41, 5.74) is 36.0. The zero-order chi connectivity index (χ0) is 31.7. The molecule has 43 heavy (non-hydrogen) atoms. The van der Waals surface area contributed by atoms with E-state index in [2.05, 4.69) is 0 Å². The first kappa shape index (κ1) is 35.2. The molecule has 3 saturated heterocycles. The first-order valence-corrected chi connectivity index (χ1v) is 14.6. The van der Waals surface area contributed by atoms with Crippen LogP contribution in [0.5, 0.6) is 0 Å². The smallest absolute Gasteiger partial charge is 0.187 e. The molecule has 3 heterocycles. The number of aliphatic hydroxyl groups excluding tert-OH is 6. The van der Waals surface area contributed by atoms with Crippen LogP contribution in [0.15, 0.2) is 0 Å². The average Bonchev–Trinajstić information content (AvgIpc) is 3.26. The first-order chi connectivity index (χ1) is 20.3. The Morgan fingerprint density at radius 2 is 1.05 bits per heavy atom. The predicted octanol–water partition coefficient (Wildman–Crippen LogP) is -7.72. The van der Waals surface area contributed by atoms with E-state index in [1.807, 2.05) is 0 Å². The van der Waals surface area contributed by atoms with Crippen LogP contribution in [0.1, 0.15) is 6.42 Å². The maximum absolute atomic E-state index is 11.3. The summed E-state index contributed by atoms with van der Waals surface area (Å²) in [5.74, 6) is 0. The van der Waals surface area contributed by atoms with Crippen LogP contribution in [0.2, 0.25) is 13.1 Å². The maximum atomic E-state index is 11.3. The summed E-state index contributed by atoms with van der Waals surface area (Å²) < 4.78 is 35.5.